The second-order valence-corrected chi connectivity index (χ2v) is 0.707. The van der Waals surface area contributed by atoms with Crippen LogP contribution in [0.25, 0.3) is 0 Å². The van der Waals surface area contributed by atoms with Gasteiger partial charge >= 0.3 is 0 Å². The van der Waals surface area contributed by atoms with Gasteiger partial charge in [-0.2, -0.15) is 0 Å². The van der Waals surface area contributed by atoms with Gasteiger partial charge in [-0.05, 0) is 0 Å². The summed E-state index contributed by atoms with van der Waals surface area (Å²) in [4.78, 5) is 0. The van der Waals surface area contributed by atoms with Gasteiger partial charge in [0.1, 0.15) is 0 Å². The first kappa shape index (κ1) is 24.6. The summed E-state index contributed by atoms with van der Waals surface area (Å²) >= 11 is 0. The largest absolute Gasteiger partial charge is 0.400 e. The van der Waals surface area contributed by atoms with Gasteiger partial charge in [-0.3, -0.25) is 0 Å². The third-order valence-corrected chi connectivity index (χ3v) is 0. The van der Waals surface area contributed by atoms with Gasteiger partial charge in [-0.1, -0.05) is 41.5 Å². The highest BCUT2D eigenvalue weighted by Gasteiger charge is 1.35. The Kier molecular flexibility index (Phi) is 825. The lowest BCUT2D eigenvalue weighted by atomic mass is 10.6. The molecule has 0 fully saturated rings. The first-order valence-corrected chi connectivity index (χ1v) is 2.86. The van der Waals surface area contributed by atoms with Crippen molar-refractivity contribution in [3.63, 3.8) is 0 Å². The van der Waals surface area contributed by atoms with E-state index in [0.29, 0.717) is 0 Å². The van der Waals surface area contributed by atoms with Gasteiger partial charge in [0, 0.05) is 7.11 Å². The molecule has 0 bridgehead atoms. The third-order valence-electron chi connectivity index (χ3n) is 0. The first-order valence-electron chi connectivity index (χ1n) is 2.86. The molecule has 1 nitrogen and oxygen atoms in total. The molecule has 1 N–H and O–H groups in total. The van der Waals surface area contributed by atoms with Crippen molar-refractivity contribution in [1.82, 2.24) is 0 Å². The Morgan fingerprint density at radius 2 is 1.00 bits per heavy atom. The number of hydrogen-bond acceptors (Lipinski definition) is 1. The molecule has 0 saturated heterocycles. The van der Waals surface area contributed by atoms with Crippen molar-refractivity contribution in [2.24, 2.45) is 0 Å². The molecular weight excluding hydrogens is 100 g/mol. The van der Waals surface area contributed by atoms with E-state index in [1.165, 1.54) is 6.42 Å². The SMILES string of the molecule is C.CC.CCC.CO. The molecule has 56 valence electrons. The van der Waals surface area contributed by atoms with Crippen LogP contribution in [0.3, 0.4) is 0 Å². The molecule has 0 unspecified atom stereocenters. The zero-order valence-electron chi connectivity index (χ0n) is 6.15. The number of hydrogen-bond donors (Lipinski definition) is 1. The molecule has 0 aromatic rings. The van der Waals surface area contributed by atoms with Crippen LogP contribution in [-0.2, 0) is 0 Å². The lowest BCUT2D eigenvalue weighted by Crippen LogP contribution is -1.27. The van der Waals surface area contributed by atoms with E-state index in [1.54, 1.807) is 0 Å². The molecule has 0 aliphatic rings. The summed E-state index contributed by atoms with van der Waals surface area (Å²) in [7, 11) is 1.00. The molecule has 1 heteroatoms. The monoisotopic (exact) mass is 122 g/mol. The van der Waals surface area contributed by atoms with E-state index >= 15 is 0 Å². The summed E-state index contributed by atoms with van der Waals surface area (Å²) in [6.07, 6.45) is 1.25. The number of aliphatic hydroxyl groups excluding tert-OH is 1. The minimum absolute atomic E-state index is 0. The lowest BCUT2D eigenvalue weighted by molar-refractivity contribution is 0.399. The van der Waals surface area contributed by atoms with Gasteiger partial charge < -0.3 is 5.11 Å². The van der Waals surface area contributed by atoms with Crippen molar-refractivity contribution in [3.8, 4) is 0 Å². The zero-order chi connectivity index (χ0) is 6.71. The smallest absolute Gasteiger partial charge is 0.0319 e. The maximum Gasteiger partial charge on any atom is 0.0319 e. The van der Waals surface area contributed by atoms with E-state index in [2.05, 4.69) is 13.8 Å². The van der Waals surface area contributed by atoms with Crippen LogP contribution in [0, 0.1) is 0 Å². The minimum atomic E-state index is 0. The maximum absolute atomic E-state index is 7.00. The standard InChI is InChI=1S/C3H8.C2H6.CH4O.CH4/c1-3-2;2*1-2;/h3H2,1-2H3;1-2H3;2H,1H3;1H4. The Morgan fingerprint density at radius 3 is 1.00 bits per heavy atom. The van der Waals surface area contributed by atoms with Gasteiger partial charge in [0.2, 0.25) is 0 Å². The molecule has 8 heavy (non-hydrogen) atoms. The van der Waals surface area contributed by atoms with Crippen molar-refractivity contribution >= 4 is 0 Å². The summed E-state index contributed by atoms with van der Waals surface area (Å²) < 4.78 is 0. The van der Waals surface area contributed by atoms with Crippen molar-refractivity contribution in [1.29, 1.82) is 0 Å². The highest BCUT2D eigenvalue weighted by molar-refractivity contribution is 3.92. The summed E-state index contributed by atoms with van der Waals surface area (Å²) in [6, 6.07) is 0. The van der Waals surface area contributed by atoms with Crippen LogP contribution in [0.5, 0.6) is 0 Å². The second kappa shape index (κ2) is 268. The molecule has 0 aliphatic carbocycles. The molecule has 0 atom stereocenters. The van der Waals surface area contributed by atoms with Gasteiger partial charge in [-0.25, -0.2) is 0 Å². The summed E-state index contributed by atoms with van der Waals surface area (Å²) in [5.41, 5.74) is 0. The molecule has 0 saturated carbocycles. The van der Waals surface area contributed by atoms with E-state index in [-0.39, 0.29) is 7.43 Å². The van der Waals surface area contributed by atoms with Crippen LogP contribution >= 0.6 is 0 Å². The Morgan fingerprint density at radius 1 is 1.00 bits per heavy atom. The first-order chi connectivity index (χ1) is 3.41. The van der Waals surface area contributed by atoms with Gasteiger partial charge in [-0.15, -0.1) is 0 Å². The van der Waals surface area contributed by atoms with Crippen molar-refractivity contribution in [2.45, 2.75) is 41.5 Å². The van der Waals surface area contributed by atoms with E-state index in [0.717, 1.165) is 7.11 Å². The zero-order valence-corrected chi connectivity index (χ0v) is 6.15. The third kappa shape index (κ3) is 91600. The Hall–Kier alpha value is -0.0400. The Balaban J connectivity index is -0.0000000147. The van der Waals surface area contributed by atoms with Crippen molar-refractivity contribution < 1.29 is 5.11 Å². The van der Waals surface area contributed by atoms with Gasteiger partial charge in [0.25, 0.3) is 0 Å². The fourth-order valence-electron chi connectivity index (χ4n) is 0. The van der Waals surface area contributed by atoms with Crippen LogP contribution < -0.4 is 0 Å². The molecule has 0 rings (SSSR count). The lowest BCUT2D eigenvalue weighted by Gasteiger charge is -1.48. The second-order valence-electron chi connectivity index (χ2n) is 0.707. The molecule has 0 radical (unpaired) electrons. The molecule has 0 spiro atoms. The fourth-order valence-corrected chi connectivity index (χ4v) is 0. The average Bonchev–Trinajstić information content (AvgIpc) is 1.78. The molecule has 0 aromatic carbocycles. The van der Waals surface area contributed by atoms with Gasteiger partial charge in [0.05, 0.1) is 0 Å². The summed E-state index contributed by atoms with van der Waals surface area (Å²) in [6.45, 7) is 8.25. The van der Waals surface area contributed by atoms with Crippen LogP contribution in [-0.4, -0.2) is 12.2 Å². The highest BCUT2D eigenvalue weighted by Crippen LogP contribution is 1.56. The normalized spacial score (nSPS) is 3.75. The predicted molar refractivity (Wildman–Crippen MR) is 42.2 cm³/mol. The molecular formula is C7H22O. The molecule has 0 aliphatic heterocycles. The Bertz CT molecular complexity index is 4.35. The number of rotatable bonds is 0. The maximum atomic E-state index is 7.00. The van der Waals surface area contributed by atoms with Crippen molar-refractivity contribution in [3.05, 3.63) is 0 Å². The number of aliphatic hydroxyl groups is 1. The fraction of sp³-hybridized carbons (Fsp3) is 1.00. The van der Waals surface area contributed by atoms with E-state index < -0.39 is 0 Å². The van der Waals surface area contributed by atoms with Crippen LogP contribution in [0.1, 0.15) is 41.5 Å². The van der Waals surface area contributed by atoms with E-state index in [1.807, 2.05) is 13.8 Å². The Labute approximate surface area is 54.7 Å². The molecule has 0 amide bonds. The molecule has 0 aromatic heterocycles. The van der Waals surface area contributed by atoms with E-state index in [9.17, 15) is 0 Å². The molecule has 0 heterocycles. The average molecular weight is 122 g/mol. The quantitative estimate of drug-likeness (QED) is 0.523. The summed E-state index contributed by atoms with van der Waals surface area (Å²) in [5, 5.41) is 7.00. The van der Waals surface area contributed by atoms with Crippen LogP contribution in [0.15, 0.2) is 0 Å². The van der Waals surface area contributed by atoms with Crippen molar-refractivity contribution in [2.75, 3.05) is 7.11 Å². The highest BCUT2D eigenvalue weighted by atomic mass is 16.2. The minimum Gasteiger partial charge on any atom is -0.400 e. The van der Waals surface area contributed by atoms with Crippen LogP contribution in [0.2, 0.25) is 0 Å². The predicted octanol–water partition coefficient (Wildman–Crippen LogP) is 2.69. The van der Waals surface area contributed by atoms with Crippen LogP contribution in [0.4, 0.5) is 0 Å². The summed E-state index contributed by atoms with van der Waals surface area (Å²) in [5.74, 6) is 0. The van der Waals surface area contributed by atoms with E-state index in [4.69, 9.17) is 5.11 Å². The van der Waals surface area contributed by atoms with Gasteiger partial charge in [0.15, 0.2) is 0 Å². The topological polar surface area (TPSA) is 20.2 Å².